The lowest BCUT2D eigenvalue weighted by Crippen LogP contribution is -2.33. The Morgan fingerprint density at radius 1 is 1.11 bits per heavy atom. The molecule has 6 heteroatoms. The van der Waals surface area contributed by atoms with Crippen LogP contribution in [0.1, 0.15) is 33.1 Å². The van der Waals surface area contributed by atoms with E-state index in [1.54, 1.807) is 0 Å². The smallest absolute Gasteiger partial charge is 0.231 e. The zero-order chi connectivity index (χ0) is 13.8. The summed E-state index contributed by atoms with van der Waals surface area (Å²) in [4.78, 5) is 17.9. The molecule has 1 fully saturated rings. The number of rotatable bonds is 4. The van der Waals surface area contributed by atoms with Crippen LogP contribution < -0.4 is 15.1 Å². The third-order valence-electron chi connectivity index (χ3n) is 3.56. The Morgan fingerprint density at radius 3 is 2.37 bits per heavy atom. The van der Waals surface area contributed by atoms with Crippen LogP contribution in [-0.4, -0.2) is 48.2 Å². The molecule has 106 valence electrons. The Bertz CT molecular complexity index is 414. The third kappa shape index (κ3) is 3.24. The zero-order valence-corrected chi connectivity index (χ0v) is 12.3. The van der Waals surface area contributed by atoms with Gasteiger partial charge in [-0.3, -0.25) is 0 Å². The highest BCUT2D eigenvalue weighted by Gasteiger charge is 2.18. The molecule has 1 aromatic rings. The molecule has 0 spiro atoms. The minimum absolute atomic E-state index is 0.362. The lowest BCUT2D eigenvalue weighted by atomic mass is 10.1. The van der Waals surface area contributed by atoms with Gasteiger partial charge in [0, 0.05) is 33.2 Å². The maximum Gasteiger partial charge on any atom is 0.231 e. The van der Waals surface area contributed by atoms with Gasteiger partial charge >= 0.3 is 0 Å². The summed E-state index contributed by atoms with van der Waals surface area (Å²) < 4.78 is 0. The second-order valence-corrected chi connectivity index (χ2v) is 5.26. The molecule has 0 unspecified atom stereocenters. The second-order valence-electron chi connectivity index (χ2n) is 5.26. The van der Waals surface area contributed by atoms with Crippen molar-refractivity contribution in [2.45, 2.75) is 39.2 Å². The van der Waals surface area contributed by atoms with E-state index >= 15 is 0 Å². The second kappa shape index (κ2) is 6.04. The highest BCUT2D eigenvalue weighted by molar-refractivity contribution is 5.45. The van der Waals surface area contributed by atoms with E-state index in [1.807, 2.05) is 14.1 Å². The van der Waals surface area contributed by atoms with Gasteiger partial charge in [0.05, 0.1) is 0 Å². The molecule has 1 aromatic heterocycles. The standard InChI is InChI=1S/C13H24N6/c1-10(2)18(4)12-15-11(14-3)16-13(17-12)19-8-6-5-7-9-19/h10H,5-9H2,1-4H3,(H,14,15,16,17). The maximum absolute atomic E-state index is 4.62. The van der Waals surface area contributed by atoms with Gasteiger partial charge in [-0.1, -0.05) is 0 Å². The molecule has 1 saturated heterocycles. The lowest BCUT2D eigenvalue weighted by molar-refractivity contribution is 0.567. The predicted octanol–water partition coefficient (Wildman–Crippen LogP) is 1.75. The fraction of sp³-hybridized carbons (Fsp3) is 0.769. The average molecular weight is 264 g/mol. The fourth-order valence-corrected chi connectivity index (χ4v) is 2.09. The molecule has 0 radical (unpaired) electrons. The summed E-state index contributed by atoms with van der Waals surface area (Å²) in [5.74, 6) is 2.16. The van der Waals surface area contributed by atoms with Gasteiger partial charge < -0.3 is 15.1 Å². The maximum atomic E-state index is 4.62. The number of anilines is 3. The Morgan fingerprint density at radius 2 is 1.79 bits per heavy atom. The van der Waals surface area contributed by atoms with Crippen LogP contribution in [0.5, 0.6) is 0 Å². The van der Waals surface area contributed by atoms with Gasteiger partial charge in [-0.2, -0.15) is 15.0 Å². The van der Waals surface area contributed by atoms with E-state index in [0.29, 0.717) is 12.0 Å². The molecule has 0 aromatic carbocycles. The molecule has 0 amide bonds. The quantitative estimate of drug-likeness (QED) is 0.894. The molecule has 1 N–H and O–H groups in total. The zero-order valence-electron chi connectivity index (χ0n) is 12.3. The molecule has 2 rings (SSSR count). The van der Waals surface area contributed by atoms with Gasteiger partial charge in [-0.15, -0.1) is 0 Å². The van der Waals surface area contributed by atoms with Crippen molar-refractivity contribution in [3.63, 3.8) is 0 Å². The molecule has 0 bridgehead atoms. The van der Waals surface area contributed by atoms with Crippen LogP contribution in [0.15, 0.2) is 0 Å². The predicted molar refractivity (Wildman–Crippen MR) is 79.0 cm³/mol. The van der Waals surface area contributed by atoms with Crippen LogP contribution in [0.4, 0.5) is 17.8 Å². The summed E-state index contributed by atoms with van der Waals surface area (Å²) in [6.07, 6.45) is 3.74. The Kier molecular flexibility index (Phi) is 4.39. The molecule has 0 aliphatic carbocycles. The van der Waals surface area contributed by atoms with Gasteiger partial charge in [-0.25, -0.2) is 0 Å². The Labute approximate surface area is 115 Å². The first kappa shape index (κ1) is 13.8. The molecule has 6 nitrogen and oxygen atoms in total. The van der Waals surface area contributed by atoms with Gasteiger partial charge in [0.2, 0.25) is 17.8 Å². The van der Waals surface area contributed by atoms with E-state index in [1.165, 1.54) is 19.3 Å². The summed E-state index contributed by atoms with van der Waals surface area (Å²) in [6, 6.07) is 0.362. The monoisotopic (exact) mass is 264 g/mol. The van der Waals surface area contributed by atoms with Crippen molar-refractivity contribution < 1.29 is 0 Å². The molecule has 0 atom stereocenters. The number of aromatic nitrogens is 3. The summed E-state index contributed by atoms with van der Waals surface area (Å²) in [6.45, 7) is 6.34. The Hall–Kier alpha value is -1.59. The van der Waals surface area contributed by atoms with Crippen molar-refractivity contribution in [1.82, 2.24) is 15.0 Å². The van der Waals surface area contributed by atoms with Crippen molar-refractivity contribution in [2.75, 3.05) is 42.3 Å². The van der Waals surface area contributed by atoms with Crippen molar-refractivity contribution in [3.8, 4) is 0 Å². The van der Waals surface area contributed by atoms with Gasteiger partial charge in [0.15, 0.2) is 0 Å². The van der Waals surface area contributed by atoms with Crippen LogP contribution in [0.2, 0.25) is 0 Å². The third-order valence-corrected chi connectivity index (χ3v) is 3.56. The first-order chi connectivity index (χ1) is 9.11. The first-order valence-electron chi connectivity index (χ1n) is 7.03. The number of piperidine rings is 1. The van der Waals surface area contributed by atoms with E-state index in [9.17, 15) is 0 Å². The molecule has 0 saturated carbocycles. The van der Waals surface area contributed by atoms with Crippen LogP contribution >= 0.6 is 0 Å². The van der Waals surface area contributed by atoms with E-state index < -0.39 is 0 Å². The van der Waals surface area contributed by atoms with E-state index in [-0.39, 0.29) is 0 Å². The highest BCUT2D eigenvalue weighted by Crippen LogP contribution is 2.20. The first-order valence-corrected chi connectivity index (χ1v) is 7.03. The molecular weight excluding hydrogens is 240 g/mol. The lowest BCUT2D eigenvalue weighted by Gasteiger charge is -2.28. The number of nitrogens with one attached hydrogen (secondary N) is 1. The summed E-state index contributed by atoms with van der Waals surface area (Å²) in [7, 11) is 3.86. The van der Waals surface area contributed by atoms with Crippen molar-refractivity contribution in [1.29, 1.82) is 0 Å². The van der Waals surface area contributed by atoms with Crippen LogP contribution in [0, 0.1) is 0 Å². The normalized spacial score (nSPS) is 15.7. The molecule has 2 heterocycles. The molecular formula is C13H24N6. The van der Waals surface area contributed by atoms with Crippen molar-refractivity contribution >= 4 is 17.8 Å². The average Bonchev–Trinajstić information content (AvgIpc) is 2.46. The number of nitrogens with zero attached hydrogens (tertiary/aromatic N) is 5. The van der Waals surface area contributed by atoms with E-state index in [2.05, 4.69) is 43.9 Å². The van der Waals surface area contributed by atoms with E-state index in [4.69, 9.17) is 0 Å². The topological polar surface area (TPSA) is 57.2 Å². The minimum Gasteiger partial charge on any atom is -0.357 e. The summed E-state index contributed by atoms with van der Waals surface area (Å²) in [5.41, 5.74) is 0. The van der Waals surface area contributed by atoms with Gasteiger partial charge in [0.1, 0.15) is 0 Å². The Balaban J connectivity index is 2.29. The summed E-state index contributed by atoms with van der Waals surface area (Å²) >= 11 is 0. The molecule has 1 aliphatic rings. The van der Waals surface area contributed by atoms with Crippen LogP contribution in [-0.2, 0) is 0 Å². The largest absolute Gasteiger partial charge is 0.357 e. The number of hydrogen-bond acceptors (Lipinski definition) is 6. The SMILES string of the molecule is CNc1nc(N2CCCCC2)nc(N(C)C(C)C)n1. The van der Waals surface area contributed by atoms with Crippen LogP contribution in [0.3, 0.4) is 0 Å². The molecule has 19 heavy (non-hydrogen) atoms. The van der Waals surface area contributed by atoms with Crippen molar-refractivity contribution in [2.24, 2.45) is 0 Å². The van der Waals surface area contributed by atoms with Gasteiger partial charge in [-0.05, 0) is 33.1 Å². The minimum atomic E-state index is 0.362. The fourth-order valence-electron chi connectivity index (χ4n) is 2.09. The highest BCUT2D eigenvalue weighted by atomic mass is 15.4. The van der Waals surface area contributed by atoms with E-state index in [0.717, 1.165) is 25.0 Å². The summed E-state index contributed by atoms with van der Waals surface area (Å²) in [5, 5.41) is 3.03. The van der Waals surface area contributed by atoms with Crippen LogP contribution in [0.25, 0.3) is 0 Å². The number of hydrogen-bond donors (Lipinski definition) is 1. The molecule has 1 aliphatic heterocycles. The van der Waals surface area contributed by atoms with Crippen molar-refractivity contribution in [3.05, 3.63) is 0 Å². The van der Waals surface area contributed by atoms with Gasteiger partial charge in [0.25, 0.3) is 0 Å².